The molecule has 1 saturated carbocycles. The fourth-order valence-electron chi connectivity index (χ4n) is 2.78. The lowest BCUT2D eigenvalue weighted by atomic mass is 9.88. The van der Waals surface area contributed by atoms with E-state index in [0.29, 0.717) is 10.4 Å². The van der Waals surface area contributed by atoms with Crippen LogP contribution in [0.4, 0.5) is 4.39 Å². The molecule has 0 bridgehead atoms. The van der Waals surface area contributed by atoms with Gasteiger partial charge in [-0.1, -0.05) is 43.0 Å². The first-order valence-corrected chi connectivity index (χ1v) is 7.55. The summed E-state index contributed by atoms with van der Waals surface area (Å²) in [6.07, 6.45) is 5.14. The molecule has 19 heavy (non-hydrogen) atoms. The molecule has 0 saturated heterocycles. The fourth-order valence-corrected chi connectivity index (χ4v) is 3.33. The number of nitrogens with one attached hydrogen (secondary N) is 1. The molecule has 1 atom stereocenters. The minimum Gasteiger partial charge on any atom is -0.310 e. The van der Waals surface area contributed by atoms with Crippen molar-refractivity contribution in [2.75, 3.05) is 6.54 Å². The Kier molecular flexibility index (Phi) is 4.75. The summed E-state index contributed by atoms with van der Waals surface area (Å²) < 4.78 is 13.5. The predicted molar refractivity (Wildman–Crippen MR) is 79.4 cm³/mol. The van der Waals surface area contributed by atoms with Gasteiger partial charge in [0.1, 0.15) is 5.82 Å². The van der Waals surface area contributed by atoms with Gasteiger partial charge in [0.25, 0.3) is 0 Å². The van der Waals surface area contributed by atoms with Crippen LogP contribution in [0.1, 0.15) is 51.1 Å². The van der Waals surface area contributed by atoms with Gasteiger partial charge < -0.3 is 5.32 Å². The van der Waals surface area contributed by atoms with Crippen LogP contribution in [-0.2, 0) is 0 Å². The Hall–Kier alpha value is -0.310. The summed E-state index contributed by atoms with van der Waals surface area (Å²) in [4.78, 5) is 0. The zero-order valence-electron chi connectivity index (χ0n) is 11.4. The molecule has 0 heterocycles. The van der Waals surface area contributed by atoms with E-state index in [2.05, 4.69) is 12.2 Å². The van der Waals surface area contributed by atoms with Gasteiger partial charge in [-0.25, -0.2) is 4.39 Å². The zero-order valence-corrected chi connectivity index (χ0v) is 12.9. The first kappa shape index (κ1) is 15.1. The van der Waals surface area contributed by atoms with Gasteiger partial charge in [-0.2, -0.15) is 0 Å². The van der Waals surface area contributed by atoms with E-state index in [-0.39, 0.29) is 11.1 Å². The molecule has 1 aliphatic carbocycles. The smallest absolute Gasteiger partial charge is 0.142 e. The Labute approximate surface area is 124 Å². The van der Waals surface area contributed by atoms with Crippen molar-refractivity contribution in [3.63, 3.8) is 0 Å². The molecule has 0 spiro atoms. The van der Waals surface area contributed by atoms with E-state index >= 15 is 0 Å². The van der Waals surface area contributed by atoms with E-state index in [4.69, 9.17) is 23.2 Å². The lowest BCUT2D eigenvalue weighted by Crippen LogP contribution is -2.31. The Morgan fingerprint density at radius 1 is 1.26 bits per heavy atom. The molecule has 0 aliphatic heterocycles. The van der Waals surface area contributed by atoms with Crippen molar-refractivity contribution < 1.29 is 4.39 Å². The molecule has 1 aromatic carbocycles. The van der Waals surface area contributed by atoms with Crippen molar-refractivity contribution in [3.8, 4) is 0 Å². The molecule has 0 radical (unpaired) electrons. The summed E-state index contributed by atoms with van der Waals surface area (Å²) in [7, 11) is 0. The average molecular weight is 304 g/mol. The van der Waals surface area contributed by atoms with Gasteiger partial charge in [0.05, 0.1) is 5.02 Å². The monoisotopic (exact) mass is 303 g/mol. The lowest BCUT2D eigenvalue weighted by Gasteiger charge is -2.27. The van der Waals surface area contributed by atoms with Crippen LogP contribution >= 0.6 is 23.2 Å². The van der Waals surface area contributed by atoms with Gasteiger partial charge in [0.2, 0.25) is 0 Å². The maximum Gasteiger partial charge on any atom is 0.142 e. The second kappa shape index (κ2) is 5.99. The molecule has 0 aromatic heterocycles. The normalized spacial score (nSPS) is 19.6. The van der Waals surface area contributed by atoms with E-state index in [1.54, 1.807) is 0 Å². The quantitative estimate of drug-likeness (QED) is 0.738. The van der Waals surface area contributed by atoms with Crippen molar-refractivity contribution in [1.29, 1.82) is 0 Å². The topological polar surface area (TPSA) is 12.0 Å². The van der Waals surface area contributed by atoms with Crippen LogP contribution in [0.5, 0.6) is 0 Å². The van der Waals surface area contributed by atoms with Gasteiger partial charge in [0.15, 0.2) is 0 Å². The minimum atomic E-state index is -0.415. The number of rotatable bonds is 4. The molecule has 106 valence electrons. The molecule has 0 amide bonds. The highest BCUT2D eigenvalue weighted by atomic mass is 35.5. The average Bonchev–Trinajstić information content (AvgIpc) is 2.78. The molecule has 1 nitrogen and oxygen atoms in total. The first-order valence-electron chi connectivity index (χ1n) is 6.79. The zero-order chi connectivity index (χ0) is 14.0. The summed E-state index contributed by atoms with van der Waals surface area (Å²) in [6, 6.07) is 2.93. The molecule has 2 rings (SSSR count). The largest absolute Gasteiger partial charge is 0.310 e. The third-order valence-electron chi connectivity index (χ3n) is 4.15. The number of benzene rings is 1. The Morgan fingerprint density at radius 3 is 2.53 bits per heavy atom. The van der Waals surface area contributed by atoms with Gasteiger partial charge in [0, 0.05) is 17.6 Å². The Morgan fingerprint density at radius 2 is 1.89 bits per heavy atom. The fraction of sp³-hybridized carbons (Fsp3) is 0.600. The lowest BCUT2D eigenvalue weighted by molar-refractivity contribution is 0.301. The van der Waals surface area contributed by atoms with Crippen LogP contribution in [-0.4, -0.2) is 6.54 Å². The number of hydrogen-bond donors (Lipinski definition) is 1. The van der Waals surface area contributed by atoms with Crippen LogP contribution in [0.25, 0.3) is 0 Å². The maximum atomic E-state index is 13.5. The molecule has 1 unspecified atom stereocenters. The van der Waals surface area contributed by atoms with Gasteiger partial charge in [-0.3, -0.25) is 0 Å². The second-order valence-corrected chi connectivity index (χ2v) is 6.72. The highest BCUT2D eigenvalue weighted by Crippen LogP contribution is 2.37. The first-order chi connectivity index (χ1) is 8.91. The van der Waals surface area contributed by atoms with Gasteiger partial charge >= 0.3 is 0 Å². The van der Waals surface area contributed by atoms with Crippen molar-refractivity contribution in [1.82, 2.24) is 5.32 Å². The standard InChI is InChI=1S/C15H20Cl2FN/c1-10(19-9-15(2)5-3-4-6-15)11-7-14(18)13(17)8-12(11)16/h7-8,10,19H,3-6,9H2,1-2H3. The van der Waals surface area contributed by atoms with Crippen LogP contribution in [0.3, 0.4) is 0 Å². The van der Waals surface area contributed by atoms with E-state index < -0.39 is 5.82 Å². The van der Waals surface area contributed by atoms with Crippen molar-refractivity contribution in [2.45, 2.75) is 45.6 Å². The summed E-state index contributed by atoms with van der Waals surface area (Å²) in [5.41, 5.74) is 1.14. The van der Waals surface area contributed by atoms with Crippen LogP contribution in [0.15, 0.2) is 12.1 Å². The summed E-state index contributed by atoms with van der Waals surface area (Å²) in [5.74, 6) is -0.415. The second-order valence-electron chi connectivity index (χ2n) is 5.91. The predicted octanol–water partition coefficient (Wildman–Crippen LogP) is 5.36. The van der Waals surface area contributed by atoms with Crippen LogP contribution in [0.2, 0.25) is 10.0 Å². The maximum absolute atomic E-state index is 13.5. The van der Waals surface area contributed by atoms with E-state index in [1.807, 2.05) is 6.92 Å². The van der Waals surface area contributed by atoms with E-state index in [9.17, 15) is 4.39 Å². The van der Waals surface area contributed by atoms with Crippen LogP contribution < -0.4 is 5.32 Å². The third-order valence-corrected chi connectivity index (χ3v) is 4.77. The number of halogens is 3. The Bertz CT molecular complexity index is 456. The molecule has 1 aromatic rings. The summed E-state index contributed by atoms with van der Waals surface area (Å²) in [6.45, 7) is 5.26. The summed E-state index contributed by atoms with van der Waals surface area (Å²) >= 11 is 11.8. The van der Waals surface area contributed by atoms with Crippen molar-refractivity contribution >= 4 is 23.2 Å². The van der Waals surface area contributed by atoms with E-state index in [0.717, 1.165) is 12.1 Å². The van der Waals surface area contributed by atoms with E-state index in [1.165, 1.54) is 37.8 Å². The molecular formula is C15H20Cl2FN. The van der Waals surface area contributed by atoms with Gasteiger partial charge in [-0.15, -0.1) is 0 Å². The third kappa shape index (κ3) is 3.62. The molecule has 4 heteroatoms. The van der Waals surface area contributed by atoms with Crippen LogP contribution in [0, 0.1) is 11.2 Å². The summed E-state index contributed by atoms with van der Waals surface area (Å²) in [5, 5.41) is 4.06. The molecule has 1 N–H and O–H groups in total. The van der Waals surface area contributed by atoms with Crippen molar-refractivity contribution in [2.24, 2.45) is 5.41 Å². The molecular weight excluding hydrogens is 284 g/mol. The Balaban J connectivity index is 2.03. The highest BCUT2D eigenvalue weighted by Gasteiger charge is 2.28. The van der Waals surface area contributed by atoms with Gasteiger partial charge in [-0.05, 0) is 42.9 Å². The van der Waals surface area contributed by atoms with Crippen molar-refractivity contribution in [3.05, 3.63) is 33.6 Å². The molecule has 1 fully saturated rings. The minimum absolute atomic E-state index is 0.0247. The SMILES string of the molecule is CC(NCC1(C)CCCC1)c1cc(F)c(Cl)cc1Cl. The number of hydrogen-bond acceptors (Lipinski definition) is 1. The highest BCUT2D eigenvalue weighted by molar-refractivity contribution is 6.35. The molecule has 1 aliphatic rings.